The molecule has 0 atom stereocenters. The second kappa shape index (κ2) is 6.26. The van der Waals surface area contributed by atoms with Gasteiger partial charge in [-0.2, -0.15) is 0 Å². The van der Waals surface area contributed by atoms with Gasteiger partial charge in [0.25, 0.3) is 0 Å². The Bertz CT molecular complexity index is 516. The first kappa shape index (κ1) is 13.4. The summed E-state index contributed by atoms with van der Waals surface area (Å²) in [7, 11) is 0. The van der Waals surface area contributed by atoms with Crippen LogP contribution in [0.1, 0.15) is 38.2 Å². The monoisotopic (exact) mass is 264 g/mol. The molecule has 1 aliphatic carbocycles. The van der Waals surface area contributed by atoms with Gasteiger partial charge in [0.05, 0.1) is 0 Å². The molecule has 20 heavy (non-hydrogen) atoms. The molecular formula is C20H24. The predicted molar refractivity (Wildman–Crippen MR) is 86.7 cm³/mol. The maximum absolute atomic E-state index is 2.39. The molecule has 0 spiro atoms. The predicted octanol–water partition coefficient (Wildman–Crippen LogP) is 5.72. The Morgan fingerprint density at radius 1 is 0.750 bits per heavy atom. The van der Waals surface area contributed by atoms with Crippen LogP contribution < -0.4 is 0 Å². The van der Waals surface area contributed by atoms with Crippen LogP contribution >= 0.6 is 0 Å². The van der Waals surface area contributed by atoms with Gasteiger partial charge in [-0.15, -0.1) is 0 Å². The largest absolute Gasteiger partial charge is 0.0625 e. The highest BCUT2D eigenvalue weighted by Gasteiger charge is 2.18. The van der Waals surface area contributed by atoms with Crippen LogP contribution in [0, 0.1) is 11.8 Å². The Morgan fingerprint density at radius 3 is 2.00 bits per heavy atom. The van der Waals surface area contributed by atoms with Gasteiger partial charge in [0.1, 0.15) is 0 Å². The van der Waals surface area contributed by atoms with Gasteiger partial charge in [-0.3, -0.25) is 0 Å². The fourth-order valence-electron chi connectivity index (χ4n) is 3.33. The molecule has 0 unspecified atom stereocenters. The van der Waals surface area contributed by atoms with Crippen molar-refractivity contribution in [3.05, 3.63) is 60.2 Å². The topological polar surface area (TPSA) is 0 Å². The van der Waals surface area contributed by atoms with Crippen molar-refractivity contribution in [3.8, 4) is 11.1 Å². The van der Waals surface area contributed by atoms with Crippen molar-refractivity contribution in [1.82, 2.24) is 0 Å². The number of hydrogen-bond donors (Lipinski definition) is 0. The minimum atomic E-state index is 0.911. The van der Waals surface area contributed by atoms with Crippen molar-refractivity contribution in [2.75, 3.05) is 0 Å². The zero-order valence-electron chi connectivity index (χ0n) is 12.4. The fourth-order valence-corrected chi connectivity index (χ4v) is 3.33. The summed E-state index contributed by atoms with van der Waals surface area (Å²) < 4.78 is 0. The molecule has 1 fully saturated rings. The Balaban J connectivity index is 1.65. The lowest BCUT2D eigenvalue weighted by Crippen LogP contribution is -2.14. The summed E-state index contributed by atoms with van der Waals surface area (Å²) in [5.74, 6) is 1.86. The van der Waals surface area contributed by atoms with Gasteiger partial charge in [-0.05, 0) is 47.8 Å². The molecule has 104 valence electrons. The van der Waals surface area contributed by atoms with Crippen molar-refractivity contribution in [2.45, 2.75) is 39.0 Å². The lowest BCUT2D eigenvalue weighted by Gasteiger charge is -2.26. The van der Waals surface area contributed by atoms with E-state index in [0.29, 0.717) is 0 Å². The minimum absolute atomic E-state index is 0.911. The first-order valence-corrected chi connectivity index (χ1v) is 7.95. The van der Waals surface area contributed by atoms with Crippen molar-refractivity contribution >= 4 is 0 Å². The highest BCUT2D eigenvalue weighted by atomic mass is 14.2. The maximum Gasteiger partial charge on any atom is -0.0184 e. The summed E-state index contributed by atoms with van der Waals surface area (Å²) in [6, 6.07) is 19.8. The molecule has 1 aliphatic rings. The van der Waals surface area contributed by atoms with E-state index in [1.807, 2.05) is 0 Å². The summed E-state index contributed by atoms with van der Waals surface area (Å²) in [4.78, 5) is 0. The summed E-state index contributed by atoms with van der Waals surface area (Å²) >= 11 is 0. The molecule has 0 N–H and O–H groups in total. The third kappa shape index (κ3) is 3.30. The first-order chi connectivity index (χ1) is 9.81. The summed E-state index contributed by atoms with van der Waals surface area (Å²) in [5.41, 5.74) is 4.14. The summed E-state index contributed by atoms with van der Waals surface area (Å²) in [5, 5.41) is 0. The smallest absolute Gasteiger partial charge is 0.0184 e. The molecule has 0 aromatic heterocycles. The average Bonchev–Trinajstić information content (AvgIpc) is 2.51. The van der Waals surface area contributed by atoms with Crippen LogP contribution in [0.25, 0.3) is 11.1 Å². The van der Waals surface area contributed by atoms with Crippen LogP contribution in [0.4, 0.5) is 0 Å². The van der Waals surface area contributed by atoms with E-state index in [1.165, 1.54) is 48.8 Å². The molecule has 0 aliphatic heterocycles. The maximum atomic E-state index is 2.39. The molecule has 0 nitrogen and oxygen atoms in total. The molecule has 3 rings (SSSR count). The molecular weight excluding hydrogens is 240 g/mol. The zero-order chi connectivity index (χ0) is 13.8. The minimum Gasteiger partial charge on any atom is -0.0625 e. The highest BCUT2D eigenvalue weighted by molar-refractivity contribution is 5.63. The van der Waals surface area contributed by atoms with E-state index in [2.05, 4.69) is 61.5 Å². The zero-order valence-corrected chi connectivity index (χ0v) is 12.4. The number of hydrogen-bond acceptors (Lipinski definition) is 0. The van der Waals surface area contributed by atoms with E-state index in [4.69, 9.17) is 0 Å². The second-order valence-corrected chi connectivity index (χ2v) is 6.39. The lowest BCUT2D eigenvalue weighted by atomic mass is 9.80. The van der Waals surface area contributed by atoms with Gasteiger partial charge in [0.2, 0.25) is 0 Å². The van der Waals surface area contributed by atoms with E-state index in [-0.39, 0.29) is 0 Å². The summed E-state index contributed by atoms with van der Waals surface area (Å²) in [6.45, 7) is 2.39. The summed E-state index contributed by atoms with van der Waals surface area (Å²) in [6.07, 6.45) is 6.95. The molecule has 0 amide bonds. The van der Waals surface area contributed by atoms with Crippen LogP contribution in [0.2, 0.25) is 0 Å². The van der Waals surface area contributed by atoms with Gasteiger partial charge in [0.15, 0.2) is 0 Å². The Kier molecular flexibility index (Phi) is 4.20. The lowest BCUT2D eigenvalue weighted by molar-refractivity contribution is 0.289. The van der Waals surface area contributed by atoms with Gasteiger partial charge < -0.3 is 0 Å². The van der Waals surface area contributed by atoms with E-state index >= 15 is 0 Å². The molecule has 0 bridgehead atoms. The average molecular weight is 264 g/mol. The van der Waals surface area contributed by atoms with E-state index < -0.39 is 0 Å². The Labute approximate surface area is 122 Å². The van der Waals surface area contributed by atoms with E-state index in [9.17, 15) is 0 Å². The normalized spacial score (nSPS) is 22.6. The third-order valence-electron chi connectivity index (χ3n) is 4.72. The third-order valence-corrected chi connectivity index (χ3v) is 4.72. The molecule has 2 aromatic carbocycles. The fraction of sp³-hybridized carbons (Fsp3) is 0.400. The SMILES string of the molecule is CC1CCC(Cc2ccc(-c3ccccc3)cc2)CC1. The molecule has 2 aromatic rings. The number of benzene rings is 2. The quantitative estimate of drug-likeness (QED) is 0.665. The van der Waals surface area contributed by atoms with Crippen molar-refractivity contribution < 1.29 is 0 Å². The number of rotatable bonds is 3. The van der Waals surface area contributed by atoms with Crippen molar-refractivity contribution in [3.63, 3.8) is 0 Å². The first-order valence-electron chi connectivity index (χ1n) is 7.95. The molecule has 1 saturated carbocycles. The van der Waals surface area contributed by atoms with Crippen LogP contribution in [-0.2, 0) is 6.42 Å². The highest BCUT2D eigenvalue weighted by Crippen LogP contribution is 2.31. The van der Waals surface area contributed by atoms with E-state index in [1.54, 1.807) is 0 Å². The van der Waals surface area contributed by atoms with Gasteiger partial charge in [-0.25, -0.2) is 0 Å². The van der Waals surface area contributed by atoms with Crippen LogP contribution in [0.3, 0.4) is 0 Å². The molecule has 0 heteroatoms. The van der Waals surface area contributed by atoms with Crippen molar-refractivity contribution in [1.29, 1.82) is 0 Å². The molecule has 0 radical (unpaired) electrons. The standard InChI is InChI=1S/C20H24/c1-16-7-9-17(10-8-16)15-18-11-13-20(14-12-18)19-5-3-2-4-6-19/h2-6,11-14,16-17H,7-10,15H2,1H3. The second-order valence-electron chi connectivity index (χ2n) is 6.39. The Hall–Kier alpha value is -1.56. The molecule has 0 heterocycles. The van der Waals surface area contributed by atoms with Crippen LogP contribution in [0.5, 0.6) is 0 Å². The van der Waals surface area contributed by atoms with Gasteiger partial charge in [-0.1, -0.05) is 74.4 Å². The molecule has 0 saturated heterocycles. The van der Waals surface area contributed by atoms with E-state index in [0.717, 1.165) is 11.8 Å². The van der Waals surface area contributed by atoms with Crippen molar-refractivity contribution in [2.24, 2.45) is 11.8 Å². The Morgan fingerprint density at radius 2 is 1.35 bits per heavy atom. The van der Waals surface area contributed by atoms with Crippen LogP contribution in [-0.4, -0.2) is 0 Å². The van der Waals surface area contributed by atoms with Gasteiger partial charge in [0, 0.05) is 0 Å². The van der Waals surface area contributed by atoms with Crippen LogP contribution in [0.15, 0.2) is 54.6 Å². The van der Waals surface area contributed by atoms with Gasteiger partial charge >= 0.3 is 0 Å².